The van der Waals surface area contributed by atoms with E-state index in [-0.39, 0.29) is 6.10 Å². The third-order valence-corrected chi connectivity index (χ3v) is 4.06. The highest BCUT2D eigenvalue weighted by molar-refractivity contribution is 7.09. The van der Waals surface area contributed by atoms with Crippen molar-refractivity contribution in [2.24, 2.45) is 0 Å². The molecule has 0 amide bonds. The molecule has 4 nitrogen and oxygen atoms in total. The first-order valence-corrected chi connectivity index (χ1v) is 6.30. The fourth-order valence-electron chi connectivity index (χ4n) is 2.10. The molecule has 0 radical (unpaired) electrons. The maximum absolute atomic E-state index is 9.74. The number of aromatic nitrogens is 2. The monoisotopic (exact) mass is 225 g/mol. The first kappa shape index (κ1) is 9.54. The number of aryl methyl sites for hydroxylation is 1. The molecule has 0 saturated heterocycles. The lowest BCUT2D eigenvalue weighted by Crippen LogP contribution is -2.51. The summed E-state index contributed by atoms with van der Waals surface area (Å²) in [4.78, 5) is 6.74. The van der Waals surface area contributed by atoms with Gasteiger partial charge in [-0.3, -0.25) is 0 Å². The summed E-state index contributed by atoms with van der Waals surface area (Å²) in [6, 6.07) is 0.905. The lowest BCUT2D eigenvalue weighted by molar-refractivity contribution is 0.0636. The number of nitrogens with zero attached hydrogens (tertiary/aromatic N) is 3. The Morgan fingerprint density at radius 2 is 2.13 bits per heavy atom. The zero-order valence-corrected chi connectivity index (χ0v) is 9.57. The first-order valence-electron chi connectivity index (χ1n) is 5.52. The van der Waals surface area contributed by atoms with Crippen molar-refractivity contribution in [2.45, 2.75) is 50.8 Å². The van der Waals surface area contributed by atoms with Gasteiger partial charge in [0.15, 0.2) is 0 Å². The lowest BCUT2D eigenvalue weighted by atomic mass is 9.88. The maximum atomic E-state index is 9.74. The van der Waals surface area contributed by atoms with Crippen LogP contribution in [0.1, 0.15) is 31.5 Å². The Bertz CT molecular complexity index is 363. The van der Waals surface area contributed by atoms with Crippen LogP contribution in [0.4, 0.5) is 5.13 Å². The molecule has 1 aromatic rings. The summed E-state index contributed by atoms with van der Waals surface area (Å²) < 4.78 is 4.22. The standard InChI is InChI=1S/C10H15N3OS/c1-6-11-10(15-12-6)13(7-2-3-7)8-4-5-9(8)14/h7-9,14H,2-5H2,1H3. The molecule has 0 aliphatic heterocycles. The summed E-state index contributed by atoms with van der Waals surface area (Å²) in [6.07, 6.45) is 4.35. The zero-order valence-electron chi connectivity index (χ0n) is 8.76. The van der Waals surface area contributed by atoms with E-state index in [2.05, 4.69) is 14.3 Å². The van der Waals surface area contributed by atoms with Crippen LogP contribution in [-0.4, -0.2) is 32.7 Å². The second-order valence-corrected chi connectivity index (χ2v) is 5.20. The van der Waals surface area contributed by atoms with Crippen molar-refractivity contribution < 1.29 is 5.11 Å². The largest absolute Gasteiger partial charge is 0.391 e. The molecule has 2 aliphatic carbocycles. The fourth-order valence-corrected chi connectivity index (χ4v) is 2.91. The molecule has 2 fully saturated rings. The van der Waals surface area contributed by atoms with Crippen LogP contribution in [0.5, 0.6) is 0 Å². The Labute approximate surface area is 93.1 Å². The Hall–Kier alpha value is -0.680. The summed E-state index contributed by atoms with van der Waals surface area (Å²) in [5.74, 6) is 0.842. The van der Waals surface area contributed by atoms with Gasteiger partial charge >= 0.3 is 0 Å². The molecule has 1 N–H and O–H groups in total. The second kappa shape index (κ2) is 3.42. The van der Waals surface area contributed by atoms with Gasteiger partial charge in [-0.1, -0.05) is 0 Å². The van der Waals surface area contributed by atoms with Crippen molar-refractivity contribution in [3.8, 4) is 0 Å². The van der Waals surface area contributed by atoms with Crippen molar-refractivity contribution in [1.29, 1.82) is 0 Å². The van der Waals surface area contributed by atoms with Gasteiger partial charge in [-0.2, -0.15) is 4.37 Å². The van der Waals surface area contributed by atoms with Crippen LogP contribution in [-0.2, 0) is 0 Å². The molecule has 0 aromatic carbocycles. The maximum Gasteiger partial charge on any atom is 0.205 e. The SMILES string of the molecule is Cc1nsc(N(C2CC2)C2CCC2O)n1. The Kier molecular flexibility index (Phi) is 2.17. The van der Waals surface area contributed by atoms with Gasteiger partial charge < -0.3 is 10.0 Å². The predicted molar refractivity (Wildman–Crippen MR) is 59.2 cm³/mol. The summed E-state index contributed by atoms with van der Waals surface area (Å²) >= 11 is 1.46. The molecule has 0 spiro atoms. The number of hydrogen-bond donors (Lipinski definition) is 1. The highest BCUT2D eigenvalue weighted by Crippen LogP contribution is 2.39. The van der Waals surface area contributed by atoms with E-state index >= 15 is 0 Å². The van der Waals surface area contributed by atoms with Crippen molar-refractivity contribution >= 4 is 16.7 Å². The molecule has 15 heavy (non-hydrogen) atoms. The van der Waals surface area contributed by atoms with Gasteiger partial charge in [-0.15, -0.1) is 0 Å². The van der Waals surface area contributed by atoms with Crippen molar-refractivity contribution in [3.05, 3.63) is 5.82 Å². The lowest BCUT2D eigenvalue weighted by Gasteiger charge is -2.41. The quantitative estimate of drug-likeness (QED) is 0.843. The molecule has 2 atom stereocenters. The van der Waals surface area contributed by atoms with E-state index in [1.807, 2.05) is 6.92 Å². The highest BCUT2D eigenvalue weighted by atomic mass is 32.1. The molecule has 82 valence electrons. The van der Waals surface area contributed by atoms with E-state index in [1.165, 1.54) is 24.4 Å². The van der Waals surface area contributed by atoms with Gasteiger partial charge in [-0.05, 0) is 32.6 Å². The van der Waals surface area contributed by atoms with Gasteiger partial charge in [0, 0.05) is 17.6 Å². The molecule has 3 rings (SSSR count). The number of rotatable bonds is 3. The molecular formula is C10H15N3OS. The summed E-state index contributed by atoms with van der Waals surface area (Å²) in [5.41, 5.74) is 0. The van der Waals surface area contributed by atoms with E-state index in [0.717, 1.165) is 23.8 Å². The molecule has 0 bridgehead atoms. The van der Waals surface area contributed by atoms with Crippen LogP contribution in [0, 0.1) is 6.92 Å². The second-order valence-electron chi connectivity index (χ2n) is 4.47. The third-order valence-electron chi connectivity index (χ3n) is 3.24. The zero-order chi connectivity index (χ0) is 10.4. The summed E-state index contributed by atoms with van der Waals surface area (Å²) in [5, 5.41) is 10.7. The normalized spacial score (nSPS) is 30.0. The average Bonchev–Trinajstić information content (AvgIpc) is 2.95. The summed E-state index contributed by atoms with van der Waals surface area (Å²) in [7, 11) is 0. The smallest absolute Gasteiger partial charge is 0.205 e. The highest BCUT2D eigenvalue weighted by Gasteiger charge is 2.42. The predicted octanol–water partition coefficient (Wildman–Crippen LogP) is 1.34. The minimum Gasteiger partial charge on any atom is -0.391 e. The Morgan fingerprint density at radius 3 is 2.53 bits per heavy atom. The number of aliphatic hydroxyl groups is 1. The number of hydrogen-bond acceptors (Lipinski definition) is 5. The Balaban J connectivity index is 1.84. The van der Waals surface area contributed by atoms with Gasteiger partial charge in [0.2, 0.25) is 5.13 Å². The molecule has 2 unspecified atom stereocenters. The van der Waals surface area contributed by atoms with Crippen LogP contribution in [0.2, 0.25) is 0 Å². The first-order chi connectivity index (χ1) is 7.25. The van der Waals surface area contributed by atoms with Crippen molar-refractivity contribution in [1.82, 2.24) is 9.36 Å². The minimum absolute atomic E-state index is 0.158. The molecule has 2 aliphatic rings. The van der Waals surface area contributed by atoms with Gasteiger partial charge in [0.1, 0.15) is 5.82 Å². The van der Waals surface area contributed by atoms with Gasteiger partial charge in [0.25, 0.3) is 0 Å². The van der Waals surface area contributed by atoms with E-state index in [0.29, 0.717) is 12.1 Å². The minimum atomic E-state index is -0.158. The molecule has 2 saturated carbocycles. The molecule has 1 aromatic heterocycles. The van der Waals surface area contributed by atoms with Crippen molar-refractivity contribution in [3.63, 3.8) is 0 Å². The van der Waals surface area contributed by atoms with Crippen LogP contribution in [0.25, 0.3) is 0 Å². The van der Waals surface area contributed by atoms with Gasteiger partial charge in [-0.25, -0.2) is 4.98 Å². The van der Waals surface area contributed by atoms with E-state index < -0.39 is 0 Å². The van der Waals surface area contributed by atoms with Crippen LogP contribution < -0.4 is 4.90 Å². The van der Waals surface area contributed by atoms with E-state index in [9.17, 15) is 5.11 Å². The van der Waals surface area contributed by atoms with Gasteiger partial charge in [0.05, 0.1) is 12.1 Å². The fraction of sp³-hybridized carbons (Fsp3) is 0.800. The van der Waals surface area contributed by atoms with E-state index in [4.69, 9.17) is 0 Å². The van der Waals surface area contributed by atoms with Crippen LogP contribution >= 0.6 is 11.5 Å². The average molecular weight is 225 g/mol. The van der Waals surface area contributed by atoms with Crippen LogP contribution in [0.3, 0.4) is 0 Å². The third kappa shape index (κ3) is 1.63. The topological polar surface area (TPSA) is 49.2 Å². The number of anilines is 1. The molecule has 5 heteroatoms. The molecular weight excluding hydrogens is 210 g/mol. The Morgan fingerprint density at radius 1 is 1.33 bits per heavy atom. The molecule has 1 heterocycles. The summed E-state index contributed by atoms with van der Waals surface area (Å²) in [6.45, 7) is 1.92. The van der Waals surface area contributed by atoms with Crippen LogP contribution in [0.15, 0.2) is 0 Å². The number of aliphatic hydroxyl groups excluding tert-OH is 1. The van der Waals surface area contributed by atoms with E-state index in [1.54, 1.807) is 0 Å². The van der Waals surface area contributed by atoms with Crippen molar-refractivity contribution in [2.75, 3.05) is 4.90 Å².